The number of amides is 1. The summed E-state index contributed by atoms with van der Waals surface area (Å²) >= 11 is 0. The molecule has 0 atom stereocenters. The van der Waals surface area contributed by atoms with Crippen molar-refractivity contribution in [3.63, 3.8) is 0 Å². The van der Waals surface area contributed by atoms with Crippen molar-refractivity contribution in [2.45, 2.75) is 46.1 Å². The summed E-state index contributed by atoms with van der Waals surface area (Å²) in [5.74, 6) is 1.32. The maximum Gasteiger partial charge on any atom is 0.255 e. The van der Waals surface area contributed by atoms with Gasteiger partial charge in [-0.05, 0) is 32.3 Å². The van der Waals surface area contributed by atoms with E-state index >= 15 is 0 Å². The van der Waals surface area contributed by atoms with Crippen molar-refractivity contribution in [1.29, 1.82) is 0 Å². The fourth-order valence-corrected chi connectivity index (χ4v) is 2.60. The van der Waals surface area contributed by atoms with Crippen LogP contribution in [-0.4, -0.2) is 34.0 Å². The summed E-state index contributed by atoms with van der Waals surface area (Å²) in [7, 11) is 0. The minimum Gasteiger partial charge on any atom is -0.473 e. The SMILES string of the molecule is CCCCc1noc(C)c1COc1ccc(C(=O)N2CCC2)cn1. The lowest BCUT2D eigenvalue weighted by Crippen LogP contribution is -2.42. The minimum absolute atomic E-state index is 0.0389. The second-order valence-electron chi connectivity index (χ2n) is 6.09. The molecule has 1 amide bonds. The molecule has 24 heavy (non-hydrogen) atoms. The van der Waals surface area contributed by atoms with Crippen LogP contribution in [0.3, 0.4) is 0 Å². The lowest BCUT2D eigenvalue weighted by Gasteiger charge is -2.30. The van der Waals surface area contributed by atoms with Gasteiger partial charge < -0.3 is 14.2 Å². The van der Waals surface area contributed by atoms with Gasteiger partial charge in [-0.2, -0.15) is 0 Å². The van der Waals surface area contributed by atoms with E-state index in [1.54, 1.807) is 18.3 Å². The number of ether oxygens (including phenoxy) is 1. The van der Waals surface area contributed by atoms with Crippen molar-refractivity contribution in [1.82, 2.24) is 15.0 Å². The molecule has 2 aromatic heterocycles. The first-order valence-corrected chi connectivity index (χ1v) is 8.51. The van der Waals surface area contributed by atoms with E-state index in [0.29, 0.717) is 18.1 Å². The van der Waals surface area contributed by atoms with Gasteiger partial charge >= 0.3 is 0 Å². The first-order valence-electron chi connectivity index (χ1n) is 8.51. The number of likely N-dealkylation sites (tertiary alicyclic amines) is 1. The second-order valence-corrected chi connectivity index (χ2v) is 6.09. The molecule has 0 aromatic carbocycles. The third-order valence-electron chi connectivity index (χ3n) is 4.32. The predicted octanol–water partition coefficient (Wildman–Crippen LogP) is 3.15. The maximum absolute atomic E-state index is 12.1. The van der Waals surface area contributed by atoms with Crippen LogP contribution in [0.25, 0.3) is 0 Å². The monoisotopic (exact) mass is 329 g/mol. The number of pyridine rings is 1. The van der Waals surface area contributed by atoms with Crippen LogP contribution in [-0.2, 0) is 13.0 Å². The molecule has 1 aliphatic heterocycles. The summed E-state index contributed by atoms with van der Waals surface area (Å²) in [6.07, 6.45) is 5.74. The molecule has 6 nitrogen and oxygen atoms in total. The predicted molar refractivity (Wildman–Crippen MR) is 88.9 cm³/mol. The summed E-state index contributed by atoms with van der Waals surface area (Å²) in [5.41, 5.74) is 2.55. The number of nitrogens with zero attached hydrogens (tertiary/aromatic N) is 3. The van der Waals surface area contributed by atoms with Gasteiger partial charge in [-0.3, -0.25) is 4.79 Å². The molecule has 6 heteroatoms. The minimum atomic E-state index is 0.0389. The maximum atomic E-state index is 12.1. The van der Waals surface area contributed by atoms with Gasteiger partial charge in [0.15, 0.2) is 0 Å². The van der Waals surface area contributed by atoms with Crippen LogP contribution in [0.4, 0.5) is 0 Å². The normalized spacial score (nSPS) is 13.7. The van der Waals surface area contributed by atoms with Gasteiger partial charge in [-0.15, -0.1) is 0 Å². The highest BCUT2D eigenvalue weighted by atomic mass is 16.5. The summed E-state index contributed by atoms with van der Waals surface area (Å²) in [6.45, 7) is 6.09. The van der Waals surface area contributed by atoms with Gasteiger partial charge in [-0.1, -0.05) is 18.5 Å². The molecule has 0 spiro atoms. The molecule has 2 aromatic rings. The Labute approximate surface area is 141 Å². The summed E-state index contributed by atoms with van der Waals surface area (Å²) < 4.78 is 11.0. The average Bonchev–Trinajstić information content (AvgIpc) is 2.90. The van der Waals surface area contributed by atoms with Gasteiger partial charge in [0, 0.05) is 25.4 Å². The third kappa shape index (κ3) is 3.58. The zero-order valence-corrected chi connectivity index (χ0v) is 14.2. The Bertz CT molecular complexity index is 690. The zero-order valence-electron chi connectivity index (χ0n) is 14.2. The van der Waals surface area contributed by atoms with E-state index in [1.807, 2.05) is 11.8 Å². The highest BCUT2D eigenvalue weighted by Crippen LogP contribution is 2.19. The van der Waals surface area contributed by atoms with Gasteiger partial charge in [0.05, 0.1) is 16.8 Å². The Morgan fingerprint density at radius 3 is 2.83 bits per heavy atom. The van der Waals surface area contributed by atoms with E-state index in [-0.39, 0.29) is 5.91 Å². The van der Waals surface area contributed by atoms with Crippen LogP contribution in [0.15, 0.2) is 22.9 Å². The summed E-state index contributed by atoms with van der Waals surface area (Å²) in [5, 5.41) is 4.11. The van der Waals surface area contributed by atoms with Gasteiger partial charge in [0.2, 0.25) is 5.88 Å². The van der Waals surface area contributed by atoms with Crippen molar-refractivity contribution in [3.8, 4) is 5.88 Å². The van der Waals surface area contributed by atoms with Crippen molar-refractivity contribution in [3.05, 3.63) is 40.9 Å². The number of rotatable bonds is 7. The first-order chi connectivity index (χ1) is 11.7. The number of aromatic nitrogens is 2. The number of hydrogen-bond acceptors (Lipinski definition) is 5. The second kappa shape index (κ2) is 7.47. The number of carbonyl (C=O) groups is 1. The Kier molecular flexibility index (Phi) is 5.13. The highest BCUT2D eigenvalue weighted by Gasteiger charge is 2.21. The lowest BCUT2D eigenvalue weighted by molar-refractivity contribution is 0.0651. The van der Waals surface area contributed by atoms with Crippen LogP contribution in [0.2, 0.25) is 0 Å². The number of hydrogen-bond donors (Lipinski definition) is 0. The third-order valence-corrected chi connectivity index (χ3v) is 4.32. The van der Waals surface area contributed by atoms with Crippen LogP contribution in [0.5, 0.6) is 5.88 Å². The van der Waals surface area contributed by atoms with E-state index < -0.39 is 0 Å². The lowest BCUT2D eigenvalue weighted by atomic mass is 10.1. The standard InChI is InChI=1S/C18H23N3O3/c1-3-4-6-16-15(13(2)24-20-16)12-23-17-8-7-14(11-19-17)18(22)21-9-5-10-21/h7-8,11H,3-6,9-10,12H2,1-2H3. The fourth-order valence-electron chi connectivity index (χ4n) is 2.60. The fraction of sp³-hybridized carbons (Fsp3) is 0.500. The van der Waals surface area contributed by atoms with Crippen LogP contribution in [0, 0.1) is 6.92 Å². The number of carbonyl (C=O) groups excluding carboxylic acids is 1. The summed E-state index contributed by atoms with van der Waals surface area (Å²) in [4.78, 5) is 18.2. The van der Waals surface area contributed by atoms with E-state index in [4.69, 9.17) is 9.26 Å². The van der Waals surface area contributed by atoms with Crippen molar-refractivity contribution >= 4 is 5.91 Å². The van der Waals surface area contributed by atoms with Crippen molar-refractivity contribution < 1.29 is 14.1 Å². The Balaban J connectivity index is 1.60. The van der Waals surface area contributed by atoms with Gasteiger partial charge in [0.25, 0.3) is 5.91 Å². The van der Waals surface area contributed by atoms with Gasteiger partial charge in [0.1, 0.15) is 12.4 Å². The molecule has 1 fully saturated rings. The van der Waals surface area contributed by atoms with Crippen LogP contribution < -0.4 is 4.74 Å². The Morgan fingerprint density at radius 1 is 1.38 bits per heavy atom. The molecule has 0 saturated carbocycles. The van der Waals surface area contributed by atoms with Crippen molar-refractivity contribution in [2.24, 2.45) is 0 Å². The quantitative estimate of drug-likeness (QED) is 0.780. The number of unbranched alkanes of at least 4 members (excludes halogenated alkanes) is 1. The first kappa shape index (κ1) is 16.5. The molecular weight excluding hydrogens is 306 g/mol. The molecule has 1 aliphatic rings. The molecule has 0 aliphatic carbocycles. The molecule has 3 rings (SSSR count). The molecule has 3 heterocycles. The van der Waals surface area contributed by atoms with Crippen molar-refractivity contribution in [2.75, 3.05) is 13.1 Å². The summed E-state index contributed by atoms with van der Waals surface area (Å²) in [6, 6.07) is 3.50. The van der Waals surface area contributed by atoms with Gasteiger partial charge in [-0.25, -0.2) is 4.98 Å². The Morgan fingerprint density at radius 2 is 2.21 bits per heavy atom. The highest BCUT2D eigenvalue weighted by molar-refractivity contribution is 5.94. The van der Waals surface area contributed by atoms with Crippen LogP contribution >= 0.6 is 0 Å². The van der Waals surface area contributed by atoms with E-state index in [0.717, 1.165) is 55.8 Å². The topological polar surface area (TPSA) is 68.5 Å². The molecule has 128 valence electrons. The molecule has 0 N–H and O–H groups in total. The molecule has 0 radical (unpaired) electrons. The smallest absolute Gasteiger partial charge is 0.255 e. The van der Waals surface area contributed by atoms with Crippen LogP contribution in [0.1, 0.15) is 53.6 Å². The largest absolute Gasteiger partial charge is 0.473 e. The Hall–Kier alpha value is -2.37. The molecule has 1 saturated heterocycles. The van der Waals surface area contributed by atoms with E-state index in [1.165, 1.54) is 0 Å². The zero-order chi connectivity index (χ0) is 16.9. The van der Waals surface area contributed by atoms with E-state index in [9.17, 15) is 4.79 Å². The molecule has 0 unspecified atom stereocenters. The van der Waals surface area contributed by atoms with E-state index in [2.05, 4.69) is 17.1 Å². The average molecular weight is 329 g/mol. The molecular formula is C18H23N3O3. The molecule has 0 bridgehead atoms. The number of aryl methyl sites for hydroxylation is 2.